The predicted octanol–water partition coefficient (Wildman–Crippen LogP) is 1.43. The van der Waals surface area contributed by atoms with Crippen molar-refractivity contribution >= 4 is 11.6 Å². The number of anilines is 1. The molecule has 0 heterocycles. The standard InChI is InChI=1S/C11H12F3NO3/c1-10(18,11(12,13)14)9(17)15-8-5-3-2-4-7(8)6-16/h2-5,16,18H,6H2,1H3,(H,15,17)/t10-/m1/s1. The summed E-state index contributed by atoms with van der Waals surface area (Å²) in [6.45, 7) is -0.0749. The van der Waals surface area contributed by atoms with Crippen LogP contribution in [0.2, 0.25) is 0 Å². The average Bonchev–Trinajstić information content (AvgIpc) is 2.28. The van der Waals surface area contributed by atoms with Crippen LogP contribution < -0.4 is 5.32 Å². The number of benzene rings is 1. The van der Waals surface area contributed by atoms with Crippen LogP contribution in [0.1, 0.15) is 12.5 Å². The maximum atomic E-state index is 12.4. The highest BCUT2D eigenvalue weighted by Crippen LogP contribution is 2.31. The molecule has 18 heavy (non-hydrogen) atoms. The van der Waals surface area contributed by atoms with Gasteiger partial charge in [0.25, 0.3) is 5.91 Å². The lowest BCUT2D eigenvalue weighted by molar-refractivity contribution is -0.242. The average molecular weight is 263 g/mol. The van der Waals surface area contributed by atoms with E-state index in [0.29, 0.717) is 6.92 Å². The third-order valence-electron chi connectivity index (χ3n) is 2.43. The summed E-state index contributed by atoms with van der Waals surface area (Å²) in [5, 5.41) is 20.0. The van der Waals surface area contributed by atoms with Gasteiger partial charge in [-0.2, -0.15) is 13.2 Å². The van der Waals surface area contributed by atoms with Crippen LogP contribution >= 0.6 is 0 Å². The Kier molecular flexibility index (Phi) is 3.98. The molecular formula is C11H12F3NO3. The lowest BCUT2D eigenvalue weighted by Gasteiger charge is -2.25. The summed E-state index contributed by atoms with van der Waals surface area (Å²) < 4.78 is 37.2. The minimum Gasteiger partial charge on any atom is -0.392 e. The molecule has 0 unspecified atom stereocenters. The Hall–Kier alpha value is -1.60. The third-order valence-corrected chi connectivity index (χ3v) is 2.43. The van der Waals surface area contributed by atoms with E-state index in [2.05, 4.69) is 0 Å². The lowest BCUT2D eigenvalue weighted by Crippen LogP contribution is -2.52. The first-order valence-corrected chi connectivity index (χ1v) is 4.99. The van der Waals surface area contributed by atoms with Gasteiger partial charge in [0.15, 0.2) is 0 Å². The van der Waals surface area contributed by atoms with E-state index in [1.54, 1.807) is 6.07 Å². The Morgan fingerprint density at radius 2 is 1.89 bits per heavy atom. The second-order valence-corrected chi connectivity index (χ2v) is 3.84. The number of para-hydroxylation sites is 1. The van der Waals surface area contributed by atoms with Crippen molar-refractivity contribution in [2.45, 2.75) is 25.3 Å². The molecule has 0 aliphatic heterocycles. The van der Waals surface area contributed by atoms with Gasteiger partial charge in [0.05, 0.1) is 6.61 Å². The molecule has 7 heteroatoms. The molecule has 1 rings (SSSR count). The van der Waals surface area contributed by atoms with E-state index in [0.717, 1.165) is 0 Å². The first-order chi connectivity index (χ1) is 8.20. The highest BCUT2D eigenvalue weighted by molar-refractivity contribution is 5.98. The first-order valence-electron chi connectivity index (χ1n) is 4.99. The molecule has 0 fully saturated rings. The number of amides is 1. The van der Waals surface area contributed by atoms with Gasteiger partial charge in [-0.3, -0.25) is 4.79 Å². The quantitative estimate of drug-likeness (QED) is 0.772. The Bertz CT molecular complexity index is 443. The van der Waals surface area contributed by atoms with Crippen molar-refractivity contribution in [3.05, 3.63) is 29.8 Å². The van der Waals surface area contributed by atoms with Gasteiger partial charge in [0.1, 0.15) is 0 Å². The van der Waals surface area contributed by atoms with Crippen molar-refractivity contribution in [1.82, 2.24) is 0 Å². The number of aliphatic hydroxyl groups is 2. The number of rotatable bonds is 3. The monoisotopic (exact) mass is 263 g/mol. The van der Waals surface area contributed by atoms with Gasteiger partial charge in [-0.1, -0.05) is 18.2 Å². The van der Waals surface area contributed by atoms with Crippen LogP contribution in [-0.4, -0.2) is 27.9 Å². The Morgan fingerprint density at radius 3 is 2.39 bits per heavy atom. The Balaban J connectivity index is 2.95. The van der Waals surface area contributed by atoms with Crippen LogP contribution in [0.15, 0.2) is 24.3 Å². The number of carbonyl (C=O) groups excluding carboxylic acids is 1. The summed E-state index contributed by atoms with van der Waals surface area (Å²) in [7, 11) is 0. The largest absolute Gasteiger partial charge is 0.426 e. The summed E-state index contributed by atoms with van der Waals surface area (Å²) in [4.78, 5) is 11.4. The van der Waals surface area contributed by atoms with Crippen molar-refractivity contribution in [2.75, 3.05) is 5.32 Å². The summed E-state index contributed by atoms with van der Waals surface area (Å²) in [5.74, 6) is -1.60. The number of alkyl halides is 3. The van der Waals surface area contributed by atoms with Crippen LogP contribution in [0, 0.1) is 0 Å². The molecule has 1 atom stereocenters. The van der Waals surface area contributed by atoms with E-state index < -0.39 is 24.3 Å². The zero-order valence-electron chi connectivity index (χ0n) is 9.45. The van der Waals surface area contributed by atoms with Crippen LogP contribution in [0.4, 0.5) is 18.9 Å². The van der Waals surface area contributed by atoms with Gasteiger partial charge in [0, 0.05) is 11.3 Å². The number of hydrogen-bond acceptors (Lipinski definition) is 3. The van der Waals surface area contributed by atoms with Crippen LogP contribution in [0.5, 0.6) is 0 Å². The van der Waals surface area contributed by atoms with Crippen LogP contribution in [0.25, 0.3) is 0 Å². The van der Waals surface area contributed by atoms with Gasteiger partial charge in [-0.15, -0.1) is 0 Å². The van der Waals surface area contributed by atoms with Gasteiger partial charge < -0.3 is 15.5 Å². The maximum Gasteiger partial charge on any atom is 0.426 e. The number of hydrogen-bond donors (Lipinski definition) is 3. The number of carbonyl (C=O) groups is 1. The zero-order valence-corrected chi connectivity index (χ0v) is 9.45. The van der Waals surface area contributed by atoms with Crippen LogP contribution in [-0.2, 0) is 11.4 Å². The molecule has 0 saturated carbocycles. The molecule has 4 nitrogen and oxygen atoms in total. The van der Waals surface area contributed by atoms with E-state index in [1.807, 2.05) is 5.32 Å². The molecule has 3 N–H and O–H groups in total. The predicted molar refractivity (Wildman–Crippen MR) is 57.7 cm³/mol. The summed E-state index contributed by atoms with van der Waals surface area (Å²) in [6.07, 6.45) is -5.08. The molecule has 1 aromatic rings. The fourth-order valence-electron chi connectivity index (χ4n) is 1.15. The third kappa shape index (κ3) is 2.80. The SMILES string of the molecule is C[C@@](O)(C(=O)Nc1ccccc1CO)C(F)(F)F. The molecule has 0 aliphatic carbocycles. The van der Waals surface area contributed by atoms with Gasteiger partial charge in [0.2, 0.25) is 5.60 Å². The summed E-state index contributed by atoms with van der Waals surface area (Å²) >= 11 is 0. The van der Waals surface area contributed by atoms with Gasteiger partial charge >= 0.3 is 6.18 Å². The number of aliphatic hydroxyl groups excluding tert-OH is 1. The van der Waals surface area contributed by atoms with Crippen molar-refractivity contribution in [2.24, 2.45) is 0 Å². The molecule has 1 aromatic carbocycles. The normalized spacial score (nSPS) is 15.0. The Labute approximate surface area is 101 Å². The van der Waals surface area contributed by atoms with Gasteiger partial charge in [-0.25, -0.2) is 0 Å². The van der Waals surface area contributed by atoms with Crippen molar-refractivity contribution in [1.29, 1.82) is 0 Å². The first kappa shape index (κ1) is 14.5. The Morgan fingerprint density at radius 1 is 1.33 bits per heavy atom. The van der Waals surface area contributed by atoms with Crippen molar-refractivity contribution < 1.29 is 28.2 Å². The molecule has 0 aliphatic rings. The zero-order chi connectivity index (χ0) is 14.0. The van der Waals surface area contributed by atoms with Crippen LogP contribution in [0.3, 0.4) is 0 Å². The smallest absolute Gasteiger partial charge is 0.392 e. The second kappa shape index (κ2) is 4.95. The highest BCUT2D eigenvalue weighted by atomic mass is 19.4. The summed E-state index contributed by atoms with van der Waals surface area (Å²) in [6, 6.07) is 5.81. The second-order valence-electron chi connectivity index (χ2n) is 3.84. The molecular weight excluding hydrogens is 251 g/mol. The molecule has 0 bridgehead atoms. The van der Waals surface area contributed by atoms with E-state index in [-0.39, 0.29) is 11.3 Å². The minimum absolute atomic E-state index is 0.0227. The fraction of sp³-hybridized carbons (Fsp3) is 0.364. The maximum absolute atomic E-state index is 12.4. The van der Waals surface area contributed by atoms with E-state index in [4.69, 9.17) is 10.2 Å². The van der Waals surface area contributed by atoms with Gasteiger partial charge in [-0.05, 0) is 13.0 Å². The molecule has 0 aromatic heterocycles. The van der Waals surface area contributed by atoms with E-state index in [1.165, 1.54) is 18.2 Å². The molecule has 0 radical (unpaired) electrons. The van der Waals surface area contributed by atoms with Crippen molar-refractivity contribution in [3.63, 3.8) is 0 Å². The van der Waals surface area contributed by atoms with Crippen molar-refractivity contribution in [3.8, 4) is 0 Å². The highest BCUT2D eigenvalue weighted by Gasteiger charge is 2.55. The van der Waals surface area contributed by atoms with E-state index in [9.17, 15) is 18.0 Å². The number of halogens is 3. The van der Waals surface area contributed by atoms with E-state index >= 15 is 0 Å². The lowest BCUT2D eigenvalue weighted by atomic mass is 10.1. The molecule has 0 saturated heterocycles. The molecule has 1 amide bonds. The minimum atomic E-state index is -5.08. The summed E-state index contributed by atoms with van der Waals surface area (Å²) in [5.41, 5.74) is -3.21. The fourth-order valence-corrected chi connectivity index (χ4v) is 1.15. The topological polar surface area (TPSA) is 69.6 Å². The molecule has 100 valence electrons. The number of nitrogens with one attached hydrogen (secondary N) is 1. The molecule has 0 spiro atoms.